The van der Waals surface area contributed by atoms with Crippen LogP contribution in [-0.2, 0) is 37.1 Å². The van der Waals surface area contributed by atoms with Crippen LogP contribution in [0.1, 0.15) is 34.3 Å². The molecule has 3 aromatic carbocycles. The van der Waals surface area contributed by atoms with Crippen LogP contribution in [0.5, 0.6) is 0 Å². The second kappa shape index (κ2) is 16.2. The van der Waals surface area contributed by atoms with Crippen LogP contribution in [0.25, 0.3) is 0 Å². The molecule has 0 saturated heterocycles. The lowest BCUT2D eigenvalue weighted by molar-refractivity contribution is -0.148. The summed E-state index contributed by atoms with van der Waals surface area (Å²) < 4.78 is 10.3. The van der Waals surface area contributed by atoms with Crippen molar-refractivity contribution in [1.29, 1.82) is 0 Å². The Morgan fingerprint density at radius 3 is 1.76 bits per heavy atom. The lowest BCUT2D eigenvalue weighted by Crippen LogP contribution is -2.32. The molecular formula is C28H30N2O7. The molecule has 0 bridgehead atoms. The topological polar surface area (TPSA) is 145 Å². The summed E-state index contributed by atoms with van der Waals surface area (Å²) in [6.07, 6.45) is 0.273. The molecule has 0 heterocycles. The van der Waals surface area contributed by atoms with E-state index in [9.17, 15) is 19.2 Å². The molecule has 1 atom stereocenters. The van der Waals surface area contributed by atoms with Crippen LogP contribution >= 0.6 is 0 Å². The second-order valence-corrected chi connectivity index (χ2v) is 7.83. The zero-order valence-corrected chi connectivity index (χ0v) is 20.2. The maximum atomic E-state index is 11.8. The number of nitrogens with two attached hydrogens (primary N) is 1. The van der Waals surface area contributed by atoms with Gasteiger partial charge >= 0.3 is 17.9 Å². The van der Waals surface area contributed by atoms with Crippen molar-refractivity contribution < 1.29 is 33.8 Å². The van der Waals surface area contributed by atoms with Gasteiger partial charge in [-0.3, -0.25) is 19.2 Å². The molecule has 0 radical (unpaired) electrons. The molecule has 194 valence electrons. The van der Waals surface area contributed by atoms with Gasteiger partial charge in [0.15, 0.2) is 0 Å². The Hall–Kier alpha value is -4.50. The standard InChI is InChI=1S/C19H21NO4.C9H9NO3/c20-17(19(22)24-14-16-9-5-2-6-10-16)11-12-18(21)23-13-15-7-3-1-4-8-15;11-8(12)6-10-9(13)7-4-2-1-3-5-7/h1-10,17H,11-14,20H2;1-5H,6H2,(H,10,13)(H,11,12). The highest BCUT2D eigenvalue weighted by Gasteiger charge is 2.17. The van der Waals surface area contributed by atoms with E-state index in [2.05, 4.69) is 5.32 Å². The predicted octanol–water partition coefficient (Wildman–Crippen LogP) is 3.08. The fourth-order valence-electron chi connectivity index (χ4n) is 2.88. The summed E-state index contributed by atoms with van der Waals surface area (Å²) >= 11 is 0. The number of carbonyl (C=O) groups excluding carboxylic acids is 3. The highest BCUT2D eigenvalue weighted by molar-refractivity contribution is 5.95. The number of benzene rings is 3. The minimum Gasteiger partial charge on any atom is -0.480 e. The molecular weight excluding hydrogens is 476 g/mol. The molecule has 0 aliphatic rings. The summed E-state index contributed by atoms with van der Waals surface area (Å²) in [7, 11) is 0. The van der Waals surface area contributed by atoms with Gasteiger partial charge in [0.1, 0.15) is 25.8 Å². The minimum absolute atomic E-state index is 0.0778. The third-order valence-corrected chi connectivity index (χ3v) is 4.86. The lowest BCUT2D eigenvalue weighted by atomic mass is 10.1. The lowest BCUT2D eigenvalue weighted by Gasteiger charge is -2.11. The van der Waals surface area contributed by atoms with Crippen molar-refractivity contribution in [3.63, 3.8) is 0 Å². The number of esters is 2. The van der Waals surface area contributed by atoms with Crippen molar-refractivity contribution in [3.8, 4) is 0 Å². The Morgan fingerprint density at radius 2 is 1.24 bits per heavy atom. The second-order valence-electron chi connectivity index (χ2n) is 7.83. The molecule has 0 saturated carbocycles. The maximum Gasteiger partial charge on any atom is 0.323 e. The number of amides is 1. The Labute approximate surface area is 215 Å². The summed E-state index contributed by atoms with van der Waals surface area (Å²) in [5.41, 5.74) is 8.02. The number of carbonyl (C=O) groups is 4. The number of aliphatic carboxylic acids is 1. The van der Waals surface area contributed by atoms with Gasteiger partial charge in [-0.2, -0.15) is 0 Å². The average Bonchev–Trinajstić information content (AvgIpc) is 2.94. The van der Waals surface area contributed by atoms with Crippen LogP contribution in [0.2, 0.25) is 0 Å². The van der Waals surface area contributed by atoms with Crippen molar-refractivity contribution in [2.24, 2.45) is 5.73 Å². The fraction of sp³-hybridized carbons (Fsp3) is 0.214. The predicted molar refractivity (Wildman–Crippen MR) is 136 cm³/mol. The first kappa shape index (κ1) is 28.7. The molecule has 3 rings (SSSR count). The minimum atomic E-state index is -1.05. The molecule has 0 aromatic heterocycles. The third-order valence-electron chi connectivity index (χ3n) is 4.86. The molecule has 0 fully saturated rings. The van der Waals surface area contributed by atoms with E-state index in [0.29, 0.717) is 5.56 Å². The van der Waals surface area contributed by atoms with E-state index in [0.717, 1.165) is 11.1 Å². The van der Waals surface area contributed by atoms with Gasteiger partial charge < -0.3 is 25.6 Å². The van der Waals surface area contributed by atoms with Crippen molar-refractivity contribution in [2.45, 2.75) is 32.1 Å². The quantitative estimate of drug-likeness (QED) is 0.337. The van der Waals surface area contributed by atoms with Crippen LogP contribution in [0.15, 0.2) is 91.0 Å². The Balaban J connectivity index is 0.000000312. The monoisotopic (exact) mass is 506 g/mol. The zero-order chi connectivity index (χ0) is 26.9. The third kappa shape index (κ3) is 12.1. The van der Waals surface area contributed by atoms with Gasteiger partial charge in [-0.05, 0) is 29.7 Å². The highest BCUT2D eigenvalue weighted by Crippen LogP contribution is 2.06. The molecule has 3 aromatic rings. The molecule has 9 heteroatoms. The van der Waals surface area contributed by atoms with Crippen molar-refractivity contribution in [3.05, 3.63) is 108 Å². The van der Waals surface area contributed by atoms with Gasteiger partial charge in [-0.1, -0.05) is 78.9 Å². The largest absolute Gasteiger partial charge is 0.480 e. The SMILES string of the molecule is NC(CCC(=O)OCc1ccccc1)C(=O)OCc1ccccc1.O=C(O)CNC(=O)c1ccccc1. The van der Waals surface area contributed by atoms with E-state index in [4.69, 9.17) is 20.3 Å². The molecule has 4 N–H and O–H groups in total. The number of hydrogen-bond donors (Lipinski definition) is 3. The van der Waals surface area contributed by atoms with Gasteiger partial charge in [-0.15, -0.1) is 0 Å². The van der Waals surface area contributed by atoms with Gasteiger partial charge in [0.25, 0.3) is 5.91 Å². The van der Waals surface area contributed by atoms with Crippen LogP contribution < -0.4 is 11.1 Å². The molecule has 9 nitrogen and oxygen atoms in total. The van der Waals surface area contributed by atoms with Crippen LogP contribution in [0.4, 0.5) is 0 Å². The summed E-state index contributed by atoms with van der Waals surface area (Å²) in [5.74, 6) is -2.33. The summed E-state index contributed by atoms with van der Waals surface area (Å²) in [4.78, 5) is 44.8. The number of carboxylic acids is 1. The maximum absolute atomic E-state index is 11.8. The van der Waals surface area contributed by atoms with Crippen molar-refractivity contribution in [1.82, 2.24) is 5.32 Å². The number of nitrogens with one attached hydrogen (secondary N) is 1. The van der Waals surface area contributed by atoms with Gasteiger partial charge in [0, 0.05) is 12.0 Å². The van der Waals surface area contributed by atoms with Crippen LogP contribution in [0, 0.1) is 0 Å². The fourth-order valence-corrected chi connectivity index (χ4v) is 2.88. The smallest absolute Gasteiger partial charge is 0.323 e. The Kier molecular flexibility index (Phi) is 12.6. The van der Waals surface area contributed by atoms with E-state index < -0.39 is 18.0 Å². The zero-order valence-electron chi connectivity index (χ0n) is 20.2. The number of carboxylic acid groups (broad SMARTS) is 1. The van der Waals surface area contributed by atoms with Crippen LogP contribution in [0.3, 0.4) is 0 Å². The Morgan fingerprint density at radius 1 is 0.757 bits per heavy atom. The highest BCUT2D eigenvalue weighted by atomic mass is 16.5. The van der Waals surface area contributed by atoms with Crippen LogP contribution in [-0.4, -0.2) is 41.5 Å². The first-order valence-corrected chi connectivity index (χ1v) is 11.6. The Bertz CT molecular complexity index is 1120. The molecule has 1 amide bonds. The summed E-state index contributed by atoms with van der Waals surface area (Å²) in [6.45, 7) is 0.0346. The average molecular weight is 507 g/mol. The normalized spacial score (nSPS) is 10.7. The van der Waals surface area contributed by atoms with Gasteiger partial charge in [0.05, 0.1) is 0 Å². The molecule has 0 spiro atoms. The number of rotatable bonds is 11. The molecule has 1 unspecified atom stereocenters. The number of hydrogen-bond acceptors (Lipinski definition) is 7. The summed E-state index contributed by atoms with van der Waals surface area (Å²) in [5, 5.41) is 10.6. The molecule has 37 heavy (non-hydrogen) atoms. The van der Waals surface area contributed by atoms with Crippen molar-refractivity contribution >= 4 is 23.8 Å². The van der Waals surface area contributed by atoms with E-state index in [-0.39, 0.29) is 44.5 Å². The van der Waals surface area contributed by atoms with Gasteiger partial charge in [0.2, 0.25) is 0 Å². The van der Waals surface area contributed by atoms with Gasteiger partial charge in [-0.25, -0.2) is 0 Å². The van der Waals surface area contributed by atoms with E-state index in [1.165, 1.54) is 0 Å². The van der Waals surface area contributed by atoms with E-state index in [1.54, 1.807) is 30.3 Å². The van der Waals surface area contributed by atoms with Crippen molar-refractivity contribution in [2.75, 3.05) is 6.54 Å². The van der Waals surface area contributed by atoms with E-state index in [1.807, 2.05) is 60.7 Å². The first-order chi connectivity index (χ1) is 17.8. The molecule has 0 aliphatic carbocycles. The molecule has 0 aliphatic heterocycles. The summed E-state index contributed by atoms with van der Waals surface area (Å²) in [6, 6.07) is 26.4. The number of ether oxygens (including phenoxy) is 2. The first-order valence-electron chi connectivity index (χ1n) is 11.6. The van der Waals surface area contributed by atoms with E-state index >= 15 is 0 Å².